The van der Waals surface area contributed by atoms with Crippen LogP contribution in [0.25, 0.3) is 46.1 Å². The van der Waals surface area contributed by atoms with E-state index in [1.54, 1.807) is 36.4 Å². The number of nitrogens with one attached hydrogen (secondary N) is 2. The van der Waals surface area contributed by atoms with Gasteiger partial charge in [-0.25, -0.2) is 9.78 Å². The lowest BCUT2D eigenvalue weighted by Crippen LogP contribution is -2.21. The number of nitrogens with zero attached hydrogens (tertiary/aromatic N) is 2. The third kappa shape index (κ3) is 8.59. The monoisotopic (exact) mass is 578 g/mol. The van der Waals surface area contributed by atoms with Crippen LogP contribution in [0.5, 0.6) is 0 Å². The lowest BCUT2D eigenvalue weighted by atomic mass is 10.0. The van der Waals surface area contributed by atoms with Gasteiger partial charge in [-0.3, -0.25) is 14.9 Å². The minimum Gasteiger partial charge on any atom is -0.478 e. The van der Waals surface area contributed by atoms with Gasteiger partial charge >= 0.3 is 5.97 Å². The van der Waals surface area contributed by atoms with Crippen molar-refractivity contribution in [3.8, 4) is 33.9 Å². The topological polar surface area (TPSA) is 138 Å². The number of carbonyl (C=O) groups excluding carboxylic acids is 1. The molecule has 0 aliphatic carbocycles. The highest BCUT2D eigenvalue weighted by molar-refractivity contribution is 5.92. The van der Waals surface area contributed by atoms with Gasteiger partial charge in [0.25, 0.3) is 5.69 Å². The zero-order valence-corrected chi connectivity index (χ0v) is 24.0. The molecular weight excluding hydrogens is 544 g/mol. The molecule has 0 atom stereocenters. The number of carbonyl (C=O) groups is 2. The summed E-state index contributed by atoms with van der Waals surface area (Å²) >= 11 is 0. The highest BCUT2D eigenvalue weighted by atomic mass is 16.6. The minimum absolute atomic E-state index is 0.0665. The molecule has 0 radical (unpaired) electrons. The second-order valence-corrected chi connectivity index (χ2v) is 10.0. The predicted octanol–water partition coefficient (Wildman–Crippen LogP) is 7.52. The molecule has 0 saturated carbocycles. The van der Waals surface area contributed by atoms with Crippen LogP contribution in [0.3, 0.4) is 0 Å². The van der Waals surface area contributed by atoms with Crippen LogP contribution < -0.4 is 5.32 Å². The fraction of sp³-hybridized carbons (Fsp3) is 0.206. The number of rotatable bonds is 14. The van der Waals surface area contributed by atoms with Crippen LogP contribution in [0.2, 0.25) is 0 Å². The summed E-state index contributed by atoms with van der Waals surface area (Å²) in [5.41, 5.74) is 4.65. The van der Waals surface area contributed by atoms with Crippen molar-refractivity contribution < 1.29 is 19.6 Å². The summed E-state index contributed by atoms with van der Waals surface area (Å²) in [5.74, 6) is -0.821. The number of carboxylic acids is 1. The molecule has 4 aromatic rings. The Labute approximate surface area is 250 Å². The van der Waals surface area contributed by atoms with Crippen LogP contribution in [0.1, 0.15) is 50.2 Å². The van der Waals surface area contributed by atoms with Gasteiger partial charge in [0.1, 0.15) is 5.82 Å². The van der Waals surface area contributed by atoms with E-state index in [0.29, 0.717) is 34.9 Å². The largest absolute Gasteiger partial charge is 0.478 e. The van der Waals surface area contributed by atoms with E-state index in [4.69, 9.17) is 10.1 Å². The maximum absolute atomic E-state index is 12.2. The van der Waals surface area contributed by atoms with Crippen LogP contribution >= 0.6 is 0 Å². The zero-order valence-electron chi connectivity index (χ0n) is 24.0. The number of hydrogen-bond acceptors (Lipinski definition) is 5. The number of aromatic nitrogens is 2. The zero-order chi connectivity index (χ0) is 30.6. The maximum atomic E-state index is 12.2. The first-order chi connectivity index (χ1) is 20.9. The second-order valence-electron chi connectivity index (χ2n) is 10.0. The van der Waals surface area contributed by atoms with Crippen molar-refractivity contribution >= 4 is 29.7 Å². The summed E-state index contributed by atoms with van der Waals surface area (Å²) in [6.45, 7) is 2.83. The summed E-state index contributed by atoms with van der Waals surface area (Å²) in [6.07, 6.45) is 11.5. The van der Waals surface area contributed by atoms with Gasteiger partial charge < -0.3 is 15.4 Å². The highest BCUT2D eigenvalue weighted by Crippen LogP contribution is 2.36. The van der Waals surface area contributed by atoms with Crippen LogP contribution in [-0.2, 0) is 9.59 Å². The van der Waals surface area contributed by atoms with Gasteiger partial charge in [-0.2, -0.15) is 0 Å². The van der Waals surface area contributed by atoms with E-state index < -0.39 is 10.9 Å². The van der Waals surface area contributed by atoms with Crippen LogP contribution in [-0.4, -0.2) is 38.4 Å². The second kappa shape index (κ2) is 15.1. The summed E-state index contributed by atoms with van der Waals surface area (Å²) in [7, 11) is 0. The molecule has 43 heavy (non-hydrogen) atoms. The SMILES string of the molecule is CCCCCCCNC(=O)C=Cc1ccc(-c2nc(-c3ccccc3[N+](=O)[O-])[nH]c2-c2ccc(C=CC(=O)O)cc2)cc1. The number of amides is 1. The van der Waals surface area contributed by atoms with E-state index in [2.05, 4.69) is 17.2 Å². The average Bonchev–Trinajstić information content (AvgIpc) is 3.46. The van der Waals surface area contributed by atoms with Crippen molar-refractivity contribution in [3.63, 3.8) is 0 Å². The molecule has 0 unspecified atom stereocenters. The molecule has 4 rings (SSSR count). The molecule has 0 aliphatic heterocycles. The number of hydrogen-bond donors (Lipinski definition) is 3. The van der Waals surface area contributed by atoms with E-state index in [-0.39, 0.29) is 11.6 Å². The Bertz CT molecular complexity index is 1620. The molecule has 0 spiro atoms. The van der Waals surface area contributed by atoms with Crippen molar-refractivity contribution in [2.45, 2.75) is 39.0 Å². The number of nitro groups is 1. The number of aromatic amines is 1. The van der Waals surface area contributed by atoms with Gasteiger partial charge in [0, 0.05) is 35.9 Å². The van der Waals surface area contributed by atoms with E-state index in [1.165, 1.54) is 37.5 Å². The summed E-state index contributed by atoms with van der Waals surface area (Å²) in [4.78, 5) is 42.4. The standard InChI is InChI=1S/C34H34N4O5/c1-2-3-4-5-8-23-35-30(39)21-15-24-11-17-26(18-12-24)32-33(27-19-13-25(14-20-27)16-22-31(40)41)37-34(36-32)28-9-6-7-10-29(28)38(42)43/h6-7,9-22H,2-5,8,23H2,1H3,(H,35,39)(H,36,37)(H,40,41). The first kappa shape index (κ1) is 30.6. The van der Waals surface area contributed by atoms with Crippen molar-refractivity contribution in [2.24, 2.45) is 0 Å². The molecule has 0 aliphatic rings. The number of unbranched alkanes of at least 4 members (excludes halogenated alkanes) is 4. The number of benzene rings is 3. The third-order valence-corrected chi connectivity index (χ3v) is 6.87. The normalized spacial score (nSPS) is 11.3. The van der Waals surface area contributed by atoms with Crippen molar-refractivity contribution in [3.05, 3.63) is 106 Å². The van der Waals surface area contributed by atoms with Gasteiger partial charge in [0.2, 0.25) is 5.91 Å². The number of para-hydroxylation sites is 1. The lowest BCUT2D eigenvalue weighted by Gasteiger charge is -2.05. The molecule has 0 fully saturated rings. The number of aliphatic carboxylic acids is 1. The summed E-state index contributed by atoms with van der Waals surface area (Å²) in [5, 5.41) is 23.6. The fourth-order valence-corrected chi connectivity index (χ4v) is 4.60. The molecule has 220 valence electrons. The van der Waals surface area contributed by atoms with Gasteiger partial charge in [-0.15, -0.1) is 0 Å². The quantitative estimate of drug-likeness (QED) is 0.0612. The minimum atomic E-state index is -1.04. The highest BCUT2D eigenvalue weighted by Gasteiger charge is 2.21. The van der Waals surface area contributed by atoms with Crippen LogP contribution in [0.15, 0.2) is 84.9 Å². The molecular formula is C34H34N4O5. The Morgan fingerprint density at radius 2 is 1.51 bits per heavy atom. The Hall–Kier alpha value is -5.31. The third-order valence-electron chi connectivity index (χ3n) is 6.87. The summed E-state index contributed by atoms with van der Waals surface area (Å²) < 4.78 is 0. The van der Waals surface area contributed by atoms with E-state index in [1.807, 2.05) is 36.4 Å². The van der Waals surface area contributed by atoms with Crippen LogP contribution in [0, 0.1) is 10.1 Å². The maximum Gasteiger partial charge on any atom is 0.328 e. The van der Waals surface area contributed by atoms with E-state index >= 15 is 0 Å². The summed E-state index contributed by atoms with van der Waals surface area (Å²) in [6, 6.07) is 21.2. The van der Waals surface area contributed by atoms with Gasteiger partial charge in [-0.05, 0) is 35.8 Å². The molecule has 0 bridgehead atoms. The predicted molar refractivity (Wildman–Crippen MR) is 169 cm³/mol. The molecule has 3 N–H and O–H groups in total. The van der Waals surface area contributed by atoms with Crippen molar-refractivity contribution in [1.82, 2.24) is 15.3 Å². The Morgan fingerprint density at radius 3 is 2.16 bits per heavy atom. The molecule has 1 heterocycles. The smallest absolute Gasteiger partial charge is 0.328 e. The number of H-pyrrole nitrogens is 1. The van der Waals surface area contributed by atoms with E-state index in [9.17, 15) is 19.7 Å². The Morgan fingerprint density at radius 1 is 0.884 bits per heavy atom. The first-order valence-electron chi connectivity index (χ1n) is 14.3. The van der Waals surface area contributed by atoms with Crippen molar-refractivity contribution in [1.29, 1.82) is 0 Å². The molecule has 1 amide bonds. The molecule has 9 heteroatoms. The lowest BCUT2D eigenvalue weighted by molar-refractivity contribution is -0.384. The Balaban J connectivity index is 1.59. The van der Waals surface area contributed by atoms with Crippen LogP contribution in [0.4, 0.5) is 5.69 Å². The van der Waals surface area contributed by atoms with E-state index in [0.717, 1.165) is 35.6 Å². The first-order valence-corrected chi connectivity index (χ1v) is 14.3. The van der Waals surface area contributed by atoms with Gasteiger partial charge in [0.15, 0.2) is 0 Å². The van der Waals surface area contributed by atoms with Gasteiger partial charge in [0.05, 0.1) is 21.9 Å². The average molecular weight is 579 g/mol. The molecule has 3 aromatic carbocycles. The van der Waals surface area contributed by atoms with Gasteiger partial charge in [-0.1, -0.05) is 93.3 Å². The number of nitro benzene ring substituents is 1. The molecule has 0 saturated heterocycles. The Kier molecular flexibility index (Phi) is 10.7. The number of imidazole rings is 1. The number of carboxylic acid groups (broad SMARTS) is 1. The van der Waals surface area contributed by atoms with Crippen molar-refractivity contribution in [2.75, 3.05) is 6.54 Å². The molecule has 9 nitrogen and oxygen atoms in total. The fourth-order valence-electron chi connectivity index (χ4n) is 4.60. The molecule has 1 aromatic heterocycles.